The first-order valence-corrected chi connectivity index (χ1v) is 18.0. The number of hydrogen-bond acceptors (Lipinski definition) is 2. The molecular weight excluding hydrogens is 637 g/mol. The van der Waals surface area contributed by atoms with Crippen LogP contribution in [0.5, 0.6) is 0 Å². The molecular formula is C49H38OS. The molecule has 246 valence electrons. The molecule has 9 aromatic rings. The van der Waals surface area contributed by atoms with E-state index in [2.05, 4.69) is 191 Å². The summed E-state index contributed by atoms with van der Waals surface area (Å²) in [7, 11) is 0. The number of benzene rings is 8. The van der Waals surface area contributed by atoms with Crippen molar-refractivity contribution in [2.75, 3.05) is 5.75 Å². The first-order valence-electron chi connectivity index (χ1n) is 17.4. The van der Waals surface area contributed by atoms with E-state index in [0.717, 1.165) is 28.0 Å². The maximum Gasteiger partial charge on any atom is 0.143 e. The number of aryl methyl sites for hydroxylation is 2. The molecule has 51 heavy (non-hydrogen) atoms. The Labute approximate surface area is 304 Å². The fourth-order valence-corrected chi connectivity index (χ4v) is 7.21. The van der Waals surface area contributed by atoms with Gasteiger partial charge in [-0.1, -0.05) is 133 Å². The molecule has 0 aliphatic rings. The average Bonchev–Trinajstić information content (AvgIpc) is 3.55. The minimum absolute atomic E-state index is 0.778. The quantitative estimate of drug-likeness (QED) is 0.109. The minimum atomic E-state index is 0.778. The number of fused-ring (bicyclic) bond motifs is 6. The van der Waals surface area contributed by atoms with E-state index in [1.165, 1.54) is 76.8 Å². The van der Waals surface area contributed by atoms with Crippen LogP contribution in [-0.4, -0.2) is 5.75 Å². The number of hydrogen-bond donors (Lipinski definition) is 1. The summed E-state index contributed by atoms with van der Waals surface area (Å²) in [6.45, 7) is 7.70. The van der Waals surface area contributed by atoms with Crippen LogP contribution in [0.3, 0.4) is 0 Å². The van der Waals surface area contributed by atoms with Crippen LogP contribution in [0, 0.1) is 13.8 Å². The predicted octanol–water partition coefficient (Wildman–Crippen LogP) is 14.3. The molecule has 1 aromatic heterocycles. The summed E-state index contributed by atoms with van der Waals surface area (Å²) in [6.07, 6.45) is 1.74. The zero-order valence-electron chi connectivity index (χ0n) is 28.9. The Morgan fingerprint density at radius 1 is 0.471 bits per heavy atom. The number of rotatable bonds is 5. The van der Waals surface area contributed by atoms with E-state index < -0.39 is 0 Å². The van der Waals surface area contributed by atoms with Gasteiger partial charge < -0.3 is 4.42 Å². The van der Waals surface area contributed by atoms with Crippen LogP contribution in [0.2, 0.25) is 0 Å². The van der Waals surface area contributed by atoms with Crippen LogP contribution >= 0.6 is 12.6 Å². The first-order chi connectivity index (χ1) is 25.0. The van der Waals surface area contributed by atoms with Crippen LogP contribution in [0.1, 0.15) is 11.1 Å². The molecule has 0 saturated carbocycles. The van der Waals surface area contributed by atoms with E-state index >= 15 is 0 Å². The second-order valence-electron chi connectivity index (χ2n) is 13.2. The van der Waals surface area contributed by atoms with Gasteiger partial charge in [0, 0.05) is 22.1 Å². The molecule has 0 aliphatic heterocycles. The van der Waals surface area contributed by atoms with Crippen molar-refractivity contribution in [2.45, 2.75) is 13.8 Å². The summed E-state index contributed by atoms with van der Waals surface area (Å²) < 4.78 is 6.43. The van der Waals surface area contributed by atoms with Crippen LogP contribution in [-0.2, 0) is 0 Å². The Hall–Kier alpha value is -5.83. The van der Waals surface area contributed by atoms with Gasteiger partial charge in [0.05, 0.1) is 0 Å². The standard InChI is InChI=1S/C46H32O.C3H6S/c1-29-14-23-45-43(24-29)44-26-30(2)25-42(46(44)47-45)36-10-7-9-35(27-36)33-17-15-31(16-18-33)32-19-21-34(22-20-32)41-28-37-8-3-4-11-38(37)39-12-5-6-13-40(39)41;1-2-3-4/h3-28H,1-2H3;2,4H,1,3H2. The van der Waals surface area contributed by atoms with E-state index in [9.17, 15) is 0 Å². The Bertz CT molecular complexity index is 2700. The van der Waals surface area contributed by atoms with E-state index in [0.29, 0.717) is 0 Å². The lowest BCUT2D eigenvalue weighted by atomic mass is 9.92. The third-order valence-corrected chi connectivity index (χ3v) is 9.95. The van der Waals surface area contributed by atoms with Crippen molar-refractivity contribution < 1.29 is 4.42 Å². The summed E-state index contributed by atoms with van der Waals surface area (Å²) in [5, 5.41) is 7.50. The topological polar surface area (TPSA) is 13.1 Å². The predicted molar refractivity (Wildman–Crippen MR) is 224 cm³/mol. The molecule has 0 unspecified atom stereocenters. The summed E-state index contributed by atoms with van der Waals surface area (Å²) >= 11 is 3.80. The van der Waals surface area contributed by atoms with E-state index in [1.807, 2.05) is 0 Å². The monoisotopic (exact) mass is 674 g/mol. The fourth-order valence-electron chi connectivity index (χ4n) is 7.21. The molecule has 0 bridgehead atoms. The molecule has 1 heterocycles. The maximum absolute atomic E-state index is 6.43. The lowest BCUT2D eigenvalue weighted by molar-refractivity contribution is 0.670. The third kappa shape index (κ3) is 6.24. The highest BCUT2D eigenvalue weighted by Gasteiger charge is 2.15. The number of furan rings is 1. The zero-order valence-corrected chi connectivity index (χ0v) is 29.8. The minimum Gasteiger partial charge on any atom is -0.455 e. The van der Waals surface area contributed by atoms with Gasteiger partial charge in [-0.15, -0.1) is 6.58 Å². The summed E-state index contributed by atoms with van der Waals surface area (Å²) in [5.74, 6) is 0.778. The van der Waals surface area contributed by atoms with Crippen LogP contribution in [0.25, 0.3) is 88.0 Å². The molecule has 0 spiro atoms. The van der Waals surface area contributed by atoms with Crippen molar-refractivity contribution in [3.8, 4) is 44.5 Å². The highest BCUT2D eigenvalue weighted by atomic mass is 32.1. The van der Waals surface area contributed by atoms with E-state index in [4.69, 9.17) is 4.42 Å². The van der Waals surface area contributed by atoms with Gasteiger partial charge in [0.2, 0.25) is 0 Å². The second kappa shape index (κ2) is 13.8. The highest BCUT2D eigenvalue weighted by Crippen LogP contribution is 2.39. The average molecular weight is 675 g/mol. The Kier molecular flexibility index (Phi) is 8.78. The summed E-state index contributed by atoms with van der Waals surface area (Å²) in [6, 6.07) is 57.3. The van der Waals surface area contributed by atoms with Gasteiger partial charge in [0.25, 0.3) is 0 Å². The molecule has 2 heteroatoms. The normalized spacial score (nSPS) is 11.2. The van der Waals surface area contributed by atoms with Gasteiger partial charge in [-0.2, -0.15) is 12.6 Å². The second-order valence-corrected chi connectivity index (χ2v) is 13.6. The summed E-state index contributed by atoms with van der Waals surface area (Å²) in [4.78, 5) is 0. The summed E-state index contributed by atoms with van der Waals surface area (Å²) in [5.41, 5.74) is 13.9. The van der Waals surface area contributed by atoms with Gasteiger partial charge in [-0.05, 0) is 116 Å². The third-order valence-electron chi connectivity index (χ3n) is 9.69. The first kappa shape index (κ1) is 32.4. The number of thiol groups is 1. The van der Waals surface area contributed by atoms with Gasteiger partial charge in [-0.25, -0.2) is 0 Å². The molecule has 0 radical (unpaired) electrons. The van der Waals surface area contributed by atoms with E-state index in [1.54, 1.807) is 6.08 Å². The van der Waals surface area contributed by atoms with E-state index in [-0.39, 0.29) is 0 Å². The molecule has 0 fully saturated rings. The zero-order chi connectivity index (χ0) is 34.9. The smallest absolute Gasteiger partial charge is 0.143 e. The Balaban J connectivity index is 0.000000890. The molecule has 0 aliphatic carbocycles. The Morgan fingerprint density at radius 3 is 1.76 bits per heavy atom. The van der Waals surface area contributed by atoms with Crippen molar-refractivity contribution in [1.82, 2.24) is 0 Å². The largest absolute Gasteiger partial charge is 0.455 e. The van der Waals surface area contributed by atoms with Gasteiger partial charge in [0.1, 0.15) is 11.2 Å². The van der Waals surface area contributed by atoms with Crippen LogP contribution < -0.4 is 0 Å². The molecule has 0 atom stereocenters. The van der Waals surface area contributed by atoms with Crippen molar-refractivity contribution in [2.24, 2.45) is 0 Å². The molecule has 9 rings (SSSR count). The molecule has 1 nitrogen and oxygen atoms in total. The molecule has 0 N–H and O–H groups in total. The van der Waals surface area contributed by atoms with Crippen molar-refractivity contribution in [3.05, 3.63) is 182 Å². The highest BCUT2D eigenvalue weighted by molar-refractivity contribution is 7.80. The van der Waals surface area contributed by atoms with Gasteiger partial charge in [0.15, 0.2) is 0 Å². The lowest BCUT2D eigenvalue weighted by Crippen LogP contribution is -1.86. The molecule has 0 amide bonds. The molecule has 8 aromatic carbocycles. The van der Waals surface area contributed by atoms with Crippen molar-refractivity contribution in [3.63, 3.8) is 0 Å². The van der Waals surface area contributed by atoms with Gasteiger partial charge in [-0.3, -0.25) is 0 Å². The lowest BCUT2D eigenvalue weighted by Gasteiger charge is -2.12. The van der Waals surface area contributed by atoms with Crippen molar-refractivity contribution in [1.29, 1.82) is 0 Å². The maximum atomic E-state index is 6.43. The Morgan fingerprint density at radius 2 is 1.06 bits per heavy atom. The fraction of sp³-hybridized carbons (Fsp3) is 0.0612. The molecule has 0 saturated heterocycles. The van der Waals surface area contributed by atoms with Crippen molar-refractivity contribution >= 4 is 56.1 Å². The van der Waals surface area contributed by atoms with Crippen LogP contribution in [0.4, 0.5) is 0 Å². The van der Waals surface area contributed by atoms with Gasteiger partial charge >= 0.3 is 0 Å². The van der Waals surface area contributed by atoms with Crippen LogP contribution in [0.15, 0.2) is 175 Å². The SMILES string of the molecule is C=CCS.Cc1ccc2oc3c(-c4cccc(-c5ccc(-c6ccc(-c7cc8ccccc8c8ccccc78)cc6)cc5)c4)cc(C)cc3c2c1.